The second-order valence-electron chi connectivity index (χ2n) is 7.58. The van der Waals surface area contributed by atoms with E-state index in [4.69, 9.17) is 10.7 Å². The summed E-state index contributed by atoms with van der Waals surface area (Å²) in [5, 5.41) is 9.93. The van der Waals surface area contributed by atoms with Gasteiger partial charge in [-0.2, -0.15) is 0 Å². The number of fused-ring (bicyclic) bond motifs is 1. The Hall–Kier alpha value is -3.20. The molecular weight excluding hydrogens is 406 g/mol. The summed E-state index contributed by atoms with van der Waals surface area (Å²) in [5.74, 6) is -0.153. The minimum atomic E-state index is -1.02. The smallest absolute Gasteiger partial charge is 0.210 e. The van der Waals surface area contributed by atoms with E-state index in [-0.39, 0.29) is 0 Å². The van der Waals surface area contributed by atoms with E-state index in [1.54, 1.807) is 17.6 Å². The van der Waals surface area contributed by atoms with E-state index < -0.39 is 5.79 Å². The number of aromatic nitrogens is 1. The van der Waals surface area contributed by atoms with Crippen LogP contribution in [0.25, 0.3) is 20.8 Å². The Morgan fingerprint density at radius 2 is 2.13 bits per heavy atom. The van der Waals surface area contributed by atoms with Crippen molar-refractivity contribution in [3.05, 3.63) is 78.3 Å². The van der Waals surface area contributed by atoms with Gasteiger partial charge in [-0.15, -0.1) is 11.3 Å². The molecule has 2 aliphatic heterocycles. The summed E-state index contributed by atoms with van der Waals surface area (Å²) in [4.78, 5) is 9.30. The molecule has 5 N–H and O–H groups in total. The fourth-order valence-electron chi connectivity index (χ4n) is 3.68. The third-order valence-electron chi connectivity index (χ3n) is 5.31. The van der Waals surface area contributed by atoms with E-state index >= 15 is 0 Å². The summed E-state index contributed by atoms with van der Waals surface area (Å²) in [5.41, 5.74) is 12.8. The number of hydrogen-bond donors (Lipinski definition) is 4. The van der Waals surface area contributed by atoms with Crippen LogP contribution in [0.5, 0.6) is 0 Å². The Morgan fingerprint density at radius 3 is 3.00 bits per heavy atom. The highest BCUT2D eigenvalue weighted by Gasteiger charge is 2.29. The number of nitrogens with zero attached hydrogens (tertiary/aromatic N) is 3. The third kappa shape index (κ3) is 4.32. The first-order chi connectivity index (χ1) is 15.2. The van der Waals surface area contributed by atoms with Gasteiger partial charge in [-0.3, -0.25) is 5.73 Å². The number of benzene rings is 2. The minimum Gasteiger partial charge on any atom is -0.372 e. The first-order valence-electron chi connectivity index (χ1n) is 10.4. The van der Waals surface area contributed by atoms with Crippen LogP contribution in [0.3, 0.4) is 0 Å². The van der Waals surface area contributed by atoms with Gasteiger partial charge in [-0.1, -0.05) is 36.4 Å². The second kappa shape index (κ2) is 8.50. The van der Waals surface area contributed by atoms with Crippen molar-refractivity contribution in [3.63, 3.8) is 0 Å². The summed E-state index contributed by atoms with van der Waals surface area (Å²) in [7, 11) is 0. The van der Waals surface area contributed by atoms with E-state index in [0.29, 0.717) is 0 Å². The number of para-hydroxylation sites is 1. The molecule has 31 heavy (non-hydrogen) atoms. The lowest BCUT2D eigenvalue weighted by atomic mass is 10.0. The highest BCUT2D eigenvalue weighted by Crippen LogP contribution is 2.32. The summed E-state index contributed by atoms with van der Waals surface area (Å²) in [6.45, 7) is 2.76. The van der Waals surface area contributed by atoms with E-state index in [1.165, 1.54) is 4.70 Å². The molecule has 0 bridgehead atoms. The minimum absolute atomic E-state index is 0.840. The standard InChI is InChI=1S/C23H25N7S/c24-23(26-13-10-21(29-23)25-11-4-14-30-15-5-12-27-30)18-7-3-6-17(16-18)22-28-19-8-1-2-9-20(19)31-22/h1-3,5-10,12-13,16,25,27,29H,4,11,14-15,24H2. The van der Waals surface area contributed by atoms with Crippen LogP contribution in [-0.2, 0) is 5.79 Å². The molecule has 0 fully saturated rings. The molecule has 0 saturated carbocycles. The Bertz CT molecular complexity index is 1120. The molecule has 3 aromatic rings. The molecule has 1 unspecified atom stereocenters. The van der Waals surface area contributed by atoms with Gasteiger partial charge in [0.05, 0.1) is 10.2 Å². The van der Waals surface area contributed by atoms with Gasteiger partial charge >= 0.3 is 0 Å². The number of nitrogens with two attached hydrogens (primary N) is 1. The SMILES string of the molecule is NC1(c2cccc(-c3nc4ccccc4s3)c2)N=CC=C(NCCCN2CC=CN2)N1. The maximum Gasteiger partial charge on any atom is 0.210 e. The largest absolute Gasteiger partial charge is 0.372 e. The average molecular weight is 432 g/mol. The van der Waals surface area contributed by atoms with Crippen molar-refractivity contribution in [2.75, 3.05) is 19.6 Å². The van der Waals surface area contributed by atoms with Crippen LogP contribution in [0.15, 0.2) is 77.7 Å². The predicted molar refractivity (Wildman–Crippen MR) is 127 cm³/mol. The molecule has 8 heteroatoms. The van der Waals surface area contributed by atoms with E-state index in [2.05, 4.69) is 50.3 Å². The summed E-state index contributed by atoms with van der Waals surface area (Å²) >= 11 is 1.68. The van der Waals surface area contributed by atoms with Crippen molar-refractivity contribution in [3.8, 4) is 10.6 Å². The molecule has 0 saturated heterocycles. The molecule has 5 rings (SSSR count). The number of nitrogens with one attached hydrogen (secondary N) is 3. The van der Waals surface area contributed by atoms with Gasteiger partial charge in [0, 0.05) is 43.2 Å². The van der Waals surface area contributed by atoms with Crippen molar-refractivity contribution < 1.29 is 0 Å². The number of aliphatic imine (C=N–C) groups is 1. The molecule has 7 nitrogen and oxygen atoms in total. The maximum absolute atomic E-state index is 6.66. The van der Waals surface area contributed by atoms with Crippen molar-refractivity contribution in [1.29, 1.82) is 0 Å². The van der Waals surface area contributed by atoms with Crippen molar-refractivity contribution in [1.82, 2.24) is 26.1 Å². The van der Waals surface area contributed by atoms with Crippen LogP contribution >= 0.6 is 11.3 Å². The molecule has 1 atom stereocenters. The fourth-order valence-corrected chi connectivity index (χ4v) is 4.64. The van der Waals surface area contributed by atoms with Crippen molar-refractivity contribution in [2.45, 2.75) is 12.2 Å². The van der Waals surface area contributed by atoms with Crippen LogP contribution in [0.4, 0.5) is 0 Å². The zero-order valence-electron chi connectivity index (χ0n) is 17.1. The predicted octanol–water partition coefficient (Wildman–Crippen LogP) is 2.86. The molecular formula is C23H25N7S. The first kappa shape index (κ1) is 19.7. The van der Waals surface area contributed by atoms with Gasteiger partial charge in [0.25, 0.3) is 0 Å². The Balaban J connectivity index is 1.26. The van der Waals surface area contributed by atoms with Gasteiger partial charge in [-0.25, -0.2) is 15.0 Å². The van der Waals surface area contributed by atoms with Gasteiger partial charge in [-0.05, 0) is 30.7 Å². The Kier molecular flexibility index (Phi) is 5.42. The lowest BCUT2D eigenvalue weighted by Crippen LogP contribution is -2.52. The number of rotatable bonds is 7. The first-order valence-corrected chi connectivity index (χ1v) is 11.2. The van der Waals surface area contributed by atoms with Gasteiger partial charge in [0.15, 0.2) is 0 Å². The molecule has 0 amide bonds. The Labute approximate surface area is 185 Å². The van der Waals surface area contributed by atoms with Crippen molar-refractivity contribution >= 4 is 27.8 Å². The van der Waals surface area contributed by atoms with Crippen molar-refractivity contribution in [2.24, 2.45) is 10.7 Å². The molecule has 3 heterocycles. The number of hydrogen-bond acceptors (Lipinski definition) is 8. The normalized spacial score (nSPS) is 20.5. The van der Waals surface area contributed by atoms with Gasteiger partial charge in [0.2, 0.25) is 5.79 Å². The topological polar surface area (TPSA) is 90.6 Å². The number of allylic oxidation sites excluding steroid dienone is 1. The summed E-state index contributed by atoms with van der Waals surface area (Å²) in [6, 6.07) is 16.3. The Morgan fingerprint density at radius 1 is 1.19 bits per heavy atom. The van der Waals surface area contributed by atoms with Crippen LogP contribution in [-0.4, -0.2) is 35.8 Å². The molecule has 2 aromatic carbocycles. The highest BCUT2D eigenvalue weighted by molar-refractivity contribution is 7.21. The summed E-state index contributed by atoms with van der Waals surface area (Å²) in [6.07, 6.45) is 8.77. The molecule has 0 spiro atoms. The number of thiazole rings is 1. The van der Waals surface area contributed by atoms with Crippen LogP contribution in [0, 0.1) is 0 Å². The molecule has 158 valence electrons. The van der Waals surface area contributed by atoms with Crippen LogP contribution in [0.1, 0.15) is 12.0 Å². The van der Waals surface area contributed by atoms with Crippen LogP contribution < -0.4 is 21.8 Å². The monoisotopic (exact) mass is 431 g/mol. The molecule has 2 aliphatic rings. The molecule has 1 aromatic heterocycles. The molecule has 0 aliphatic carbocycles. The molecule has 0 radical (unpaired) electrons. The van der Waals surface area contributed by atoms with Crippen LogP contribution in [0.2, 0.25) is 0 Å². The third-order valence-corrected chi connectivity index (χ3v) is 6.39. The summed E-state index contributed by atoms with van der Waals surface area (Å²) < 4.78 is 1.17. The zero-order valence-corrected chi connectivity index (χ0v) is 17.9. The maximum atomic E-state index is 6.66. The zero-order chi connectivity index (χ0) is 21.1. The highest BCUT2D eigenvalue weighted by atomic mass is 32.1. The fraction of sp³-hybridized carbons (Fsp3) is 0.217. The van der Waals surface area contributed by atoms with E-state index in [0.717, 1.165) is 53.5 Å². The lowest BCUT2D eigenvalue weighted by Gasteiger charge is -2.32. The lowest BCUT2D eigenvalue weighted by molar-refractivity contribution is 0.262. The second-order valence-corrected chi connectivity index (χ2v) is 8.61. The average Bonchev–Trinajstić information content (AvgIpc) is 3.47. The quantitative estimate of drug-likeness (QED) is 0.430. The van der Waals surface area contributed by atoms with E-state index in [1.807, 2.05) is 42.6 Å². The number of hydrazine groups is 1. The van der Waals surface area contributed by atoms with Gasteiger partial charge < -0.3 is 16.1 Å². The van der Waals surface area contributed by atoms with Gasteiger partial charge in [0.1, 0.15) is 10.8 Å². The van der Waals surface area contributed by atoms with E-state index in [9.17, 15) is 0 Å².